The minimum absolute atomic E-state index is 0.377. The average molecular weight is 296 g/mol. The summed E-state index contributed by atoms with van der Waals surface area (Å²) in [4.78, 5) is 0. The van der Waals surface area contributed by atoms with Gasteiger partial charge in [0.05, 0.1) is 12.6 Å². The van der Waals surface area contributed by atoms with Gasteiger partial charge in [-0.15, -0.1) is 0 Å². The lowest BCUT2D eigenvalue weighted by molar-refractivity contribution is -0.239. The standard InChI is InChI=1S/C12H16N4O5/c13-8-11(19)10(18)7(4-17)21-12(8)20-6-3-1-2-5-9(6)15-16-14-5/h1-3,7-8,10-12,17-19H,4,13H2,(H,14,15,16)/t7-,8-,10-,11-,12?/m1/s1. The second-order valence-corrected chi connectivity index (χ2v) is 4.85. The van der Waals surface area contributed by atoms with Crippen molar-refractivity contribution in [3.05, 3.63) is 18.2 Å². The molecule has 1 aromatic heterocycles. The minimum atomic E-state index is -1.27. The minimum Gasteiger partial charge on any atom is -0.461 e. The normalized spacial score (nSPS) is 33.2. The van der Waals surface area contributed by atoms with Crippen LogP contribution in [0.3, 0.4) is 0 Å². The quantitative estimate of drug-likeness (QED) is 0.441. The van der Waals surface area contributed by atoms with Crippen LogP contribution in [-0.2, 0) is 4.74 Å². The van der Waals surface area contributed by atoms with Gasteiger partial charge in [0.1, 0.15) is 23.8 Å². The fourth-order valence-corrected chi connectivity index (χ4v) is 2.27. The van der Waals surface area contributed by atoms with Crippen LogP contribution >= 0.6 is 0 Å². The van der Waals surface area contributed by atoms with E-state index in [2.05, 4.69) is 15.4 Å². The second-order valence-electron chi connectivity index (χ2n) is 4.85. The van der Waals surface area contributed by atoms with Crippen LogP contribution in [0.5, 0.6) is 5.75 Å². The number of hydrogen-bond donors (Lipinski definition) is 5. The molecule has 2 aromatic rings. The van der Waals surface area contributed by atoms with Crippen molar-refractivity contribution < 1.29 is 24.8 Å². The Bertz CT molecular complexity index is 618. The molecule has 0 bridgehead atoms. The van der Waals surface area contributed by atoms with Crippen molar-refractivity contribution in [2.45, 2.75) is 30.6 Å². The summed E-state index contributed by atoms with van der Waals surface area (Å²) in [7, 11) is 0. The molecule has 0 saturated carbocycles. The van der Waals surface area contributed by atoms with Crippen molar-refractivity contribution in [3.8, 4) is 5.75 Å². The van der Waals surface area contributed by atoms with Crippen molar-refractivity contribution in [3.63, 3.8) is 0 Å². The van der Waals surface area contributed by atoms with E-state index >= 15 is 0 Å². The number of aromatic nitrogens is 3. The Kier molecular flexibility index (Phi) is 3.74. The lowest BCUT2D eigenvalue weighted by Gasteiger charge is -2.40. The molecule has 5 atom stereocenters. The summed E-state index contributed by atoms with van der Waals surface area (Å²) in [6.07, 6.45) is -4.53. The molecule has 3 rings (SSSR count). The highest BCUT2D eigenvalue weighted by Crippen LogP contribution is 2.27. The van der Waals surface area contributed by atoms with Crippen LogP contribution in [0.4, 0.5) is 0 Å². The average Bonchev–Trinajstić information content (AvgIpc) is 2.97. The number of ether oxygens (including phenoxy) is 2. The van der Waals surface area contributed by atoms with E-state index in [1.165, 1.54) is 0 Å². The number of H-pyrrole nitrogens is 1. The van der Waals surface area contributed by atoms with Crippen LogP contribution in [0, 0.1) is 0 Å². The molecule has 1 aliphatic heterocycles. The number of rotatable bonds is 3. The Labute approximate surface area is 119 Å². The van der Waals surface area contributed by atoms with Gasteiger partial charge >= 0.3 is 0 Å². The van der Waals surface area contributed by atoms with E-state index in [0.717, 1.165) is 0 Å². The molecule has 21 heavy (non-hydrogen) atoms. The van der Waals surface area contributed by atoms with E-state index in [0.29, 0.717) is 16.8 Å². The van der Waals surface area contributed by atoms with Gasteiger partial charge in [-0.1, -0.05) is 6.07 Å². The monoisotopic (exact) mass is 296 g/mol. The molecule has 1 aliphatic rings. The van der Waals surface area contributed by atoms with E-state index in [9.17, 15) is 10.2 Å². The molecular formula is C12H16N4O5. The summed E-state index contributed by atoms with van der Waals surface area (Å²) in [5, 5.41) is 39.2. The van der Waals surface area contributed by atoms with Gasteiger partial charge < -0.3 is 30.5 Å². The van der Waals surface area contributed by atoms with Crippen molar-refractivity contribution in [2.24, 2.45) is 5.73 Å². The number of aliphatic hydroxyl groups excluding tert-OH is 3. The topological polar surface area (TPSA) is 147 Å². The summed E-state index contributed by atoms with van der Waals surface area (Å²) < 4.78 is 11.0. The number of benzene rings is 1. The van der Waals surface area contributed by atoms with Crippen molar-refractivity contribution in [2.75, 3.05) is 6.61 Å². The summed E-state index contributed by atoms with van der Waals surface area (Å²) >= 11 is 0. The van der Waals surface area contributed by atoms with Crippen molar-refractivity contribution in [1.29, 1.82) is 0 Å². The first-order valence-electron chi connectivity index (χ1n) is 6.46. The van der Waals surface area contributed by atoms with Crippen LogP contribution in [0.25, 0.3) is 11.0 Å². The molecule has 0 spiro atoms. The SMILES string of the molecule is N[C@H]1C(Oc2cccc3n[nH]nc23)O[C@H](CO)[C@@H](O)[C@@H]1O. The smallest absolute Gasteiger partial charge is 0.218 e. The molecule has 6 N–H and O–H groups in total. The van der Waals surface area contributed by atoms with Gasteiger partial charge in [-0.3, -0.25) is 0 Å². The second kappa shape index (κ2) is 5.54. The third kappa shape index (κ3) is 2.45. The highest BCUT2D eigenvalue weighted by atomic mass is 16.7. The third-order valence-corrected chi connectivity index (χ3v) is 3.48. The lowest BCUT2D eigenvalue weighted by Crippen LogP contribution is -2.63. The first-order valence-corrected chi connectivity index (χ1v) is 6.46. The number of aromatic amines is 1. The van der Waals surface area contributed by atoms with Crippen LogP contribution < -0.4 is 10.5 Å². The van der Waals surface area contributed by atoms with E-state index in [1.807, 2.05) is 0 Å². The van der Waals surface area contributed by atoms with E-state index in [-0.39, 0.29) is 0 Å². The first kappa shape index (κ1) is 14.2. The fourth-order valence-electron chi connectivity index (χ4n) is 2.27. The Morgan fingerprint density at radius 1 is 1.29 bits per heavy atom. The van der Waals surface area contributed by atoms with Gasteiger partial charge in [0.15, 0.2) is 11.3 Å². The zero-order valence-corrected chi connectivity index (χ0v) is 11.0. The molecule has 1 fully saturated rings. The Morgan fingerprint density at radius 3 is 2.86 bits per heavy atom. The van der Waals surface area contributed by atoms with Gasteiger partial charge in [0.25, 0.3) is 0 Å². The molecule has 0 aliphatic carbocycles. The van der Waals surface area contributed by atoms with Gasteiger partial charge in [-0.05, 0) is 12.1 Å². The largest absolute Gasteiger partial charge is 0.461 e. The zero-order chi connectivity index (χ0) is 15.0. The molecule has 0 amide bonds. The highest BCUT2D eigenvalue weighted by Gasteiger charge is 2.43. The lowest BCUT2D eigenvalue weighted by atomic mass is 9.98. The Hall–Kier alpha value is -1.78. The Balaban J connectivity index is 1.85. The molecule has 9 heteroatoms. The predicted octanol–water partition coefficient (Wildman–Crippen LogP) is -1.90. The molecule has 0 radical (unpaired) electrons. The molecule has 1 unspecified atom stereocenters. The summed E-state index contributed by atoms with van der Waals surface area (Å²) in [6.45, 7) is -0.459. The Morgan fingerprint density at radius 2 is 2.10 bits per heavy atom. The van der Waals surface area contributed by atoms with E-state index in [4.69, 9.17) is 20.3 Å². The fraction of sp³-hybridized carbons (Fsp3) is 0.500. The highest BCUT2D eigenvalue weighted by molar-refractivity contribution is 5.80. The third-order valence-electron chi connectivity index (χ3n) is 3.48. The molecular weight excluding hydrogens is 280 g/mol. The number of fused-ring (bicyclic) bond motifs is 1. The summed E-state index contributed by atoms with van der Waals surface area (Å²) in [6, 6.07) is 4.17. The number of nitrogens with zero attached hydrogens (tertiary/aromatic N) is 2. The van der Waals surface area contributed by atoms with Crippen molar-refractivity contribution >= 4 is 11.0 Å². The maximum atomic E-state index is 9.89. The van der Waals surface area contributed by atoms with Crippen LogP contribution in [0.1, 0.15) is 0 Å². The van der Waals surface area contributed by atoms with Crippen LogP contribution in [-0.4, -0.2) is 68.0 Å². The number of hydrogen-bond acceptors (Lipinski definition) is 8. The summed E-state index contributed by atoms with van der Waals surface area (Å²) in [5.74, 6) is 0.377. The van der Waals surface area contributed by atoms with Crippen LogP contribution in [0.2, 0.25) is 0 Å². The van der Waals surface area contributed by atoms with Crippen molar-refractivity contribution in [1.82, 2.24) is 15.4 Å². The molecule has 1 saturated heterocycles. The maximum Gasteiger partial charge on any atom is 0.218 e. The van der Waals surface area contributed by atoms with Gasteiger partial charge in [-0.2, -0.15) is 15.4 Å². The molecule has 2 heterocycles. The molecule has 9 nitrogen and oxygen atoms in total. The van der Waals surface area contributed by atoms with Gasteiger partial charge in [-0.25, -0.2) is 0 Å². The first-order chi connectivity index (χ1) is 10.1. The molecule has 1 aromatic carbocycles. The van der Waals surface area contributed by atoms with Crippen LogP contribution in [0.15, 0.2) is 18.2 Å². The van der Waals surface area contributed by atoms with Gasteiger partial charge in [0, 0.05) is 0 Å². The summed E-state index contributed by atoms with van der Waals surface area (Å²) in [5.41, 5.74) is 6.91. The zero-order valence-electron chi connectivity index (χ0n) is 11.0. The maximum absolute atomic E-state index is 9.89. The number of nitrogens with one attached hydrogen (secondary N) is 1. The van der Waals surface area contributed by atoms with E-state index in [1.54, 1.807) is 18.2 Å². The van der Waals surface area contributed by atoms with E-state index < -0.39 is 37.3 Å². The molecule has 114 valence electrons. The number of aliphatic hydroxyl groups is 3. The number of para-hydroxylation sites is 1. The number of nitrogens with two attached hydrogens (primary N) is 1. The predicted molar refractivity (Wildman–Crippen MR) is 70.3 cm³/mol. The van der Waals surface area contributed by atoms with Gasteiger partial charge in [0.2, 0.25) is 6.29 Å².